The smallest absolute Gasteiger partial charge is 0.340 e. The number of carbonyl (C=O) groups excluding carboxylic acids is 1. The molecule has 0 spiro atoms. The number of nitrogens with zero attached hydrogens (tertiary/aromatic N) is 5. The van der Waals surface area contributed by atoms with Crippen LogP contribution in [0.1, 0.15) is 44.6 Å². The summed E-state index contributed by atoms with van der Waals surface area (Å²) in [5.74, 6) is 0.554. The van der Waals surface area contributed by atoms with Crippen LogP contribution in [0.25, 0.3) is 10.9 Å². The van der Waals surface area contributed by atoms with Crippen molar-refractivity contribution in [2.75, 3.05) is 15.1 Å². The molecule has 38 heavy (non-hydrogen) atoms. The summed E-state index contributed by atoms with van der Waals surface area (Å²) in [6, 6.07) is 10.0. The fourth-order valence-electron chi connectivity index (χ4n) is 5.47. The van der Waals surface area contributed by atoms with Gasteiger partial charge in [-0.2, -0.15) is 23.3 Å². The molecule has 6 rings (SSSR count). The lowest BCUT2D eigenvalue weighted by Crippen LogP contribution is -2.55. The highest BCUT2D eigenvalue weighted by atomic mass is 19.4. The Kier molecular flexibility index (Phi) is 5.93. The third kappa shape index (κ3) is 4.31. The Balaban J connectivity index is 1.44. The van der Waals surface area contributed by atoms with Gasteiger partial charge < -0.3 is 10.2 Å². The van der Waals surface area contributed by atoms with E-state index in [2.05, 4.69) is 20.5 Å². The minimum atomic E-state index is -4.53. The van der Waals surface area contributed by atoms with Crippen molar-refractivity contribution in [3.63, 3.8) is 0 Å². The molecule has 2 N–H and O–H groups in total. The number of H-pyrrole nitrogens is 1. The number of carbonyl (C=O) groups is 1. The molecule has 0 bridgehead atoms. The molecule has 8 nitrogen and oxygen atoms in total. The normalized spacial score (nSPS) is 18.6. The van der Waals surface area contributed by atoms with Gasteiger partial charge in [-0.3, -0.25) is 14.8 Å². The van der Waals surface area contributed by atoms with Gasteiger partial charge in [-0.1, -0.05) is 25.3 Å². The van der Waals surface area contributed by atoms with Gasteiger partial charge in [-0.05, 0) is 56.2 Å². The zero-order valence-electron chi connectivity index (χ0n) is 20.7. The second-order valence-electron chi connectivity index (χ2n) is 9.80. The number of halogens is 3. The molecule has 1 aliphatic carbocycles. The van der Waals surface area contributed by atoms with Gasteiger partial charge in [0.05, 0.1) is 23.5 Å². The summed E-state index contributed by atoms with van der Waals surface area (Å²) in [4.78, 5) is 26.3. The van der Waals surface area contributed by atoms with Gasteiger partial charge in [0.15, 0.2) is 5.82 Å². The summed E-state index contributed by atoms with van der Waals surface area (Å²) in [6.07, 6.45) is 3.79. The monoisotopic (exact) mass is 521 g/mol. The average Bonchev–Trinajstić information content (AvgIpc) is 3.38. The quantitative estimate of drug-likeness (QED) is 0.327. The van der Waals surface area contributed by atoms with E-state index >= 15 is 0 Å². The molecule has 1 amide bonds. The molecule has 0 unspecified atom stereocenters. The van der Waals surface area contributed by atoms with Gasteiger partial charge >= 0.3 is 6.18 Å². The molecule has 1 aliphatic heterocycles. The van der Waals surface area contributed by atoms with E-state index in [4.69, 9.17) is 4.98 Å². The molecule has 11 heteroatoms. The standard InChI is InChI=1S/C27H26F3N7O/c1-16-25(38)37(21-9-5-6-18(13-21)27(28,29)30)23-15-31-26(33-19-10-11-22-17(12-19)14-32-35-22)34-24(23)36(16)20-7-3-2-4-8-20/h5-6,9-16,20H,2-4,7-8H2,1H3,(H,32,35)(H,31,33,34)/t16-/m1/s1. The average molecular weight is 522 g/mol. The number of aromatic amines is 1. The van der Waals surface area contributed by atoms with Crippen molar-refractivity contribution in [1.82, 2.24) is 20.2 Å². The highest BCUT2D eigenvalue weighted by Crippen LogP contribution is 2.43. The lowest BCUT2D eigenvalue weighted by Gasteiger charge is -2.45. The van der Waals surface area contributed by atoms with Gasteiger partial charge in [0.1, 0.15) is 11.7 Å². The molecule has 2 aromatic heterocycles. The third-order valence-electron chi connectivity index (χ3n) is 7.33. The number of fused-ring (bicyclic) bond motifs is 2. The first-order chi connectivity index (χ1) is 18.3. The van der Waals surface area contributed by atoms with Crippen LogP contribution in [-0.2, 0) is 11.0 Å². The van der Waals surface area contributed by atoms with Crippen molar-refractivity contribution >= 4 is 45.6 Å². The Morgan fingerprint density at radius 2 is 1.87 bits per heavy atom. The predicted octanol–water partition coefficient (Wildman–Crippen LogP) is 6.32. The van der Waals surface area contributed by atoms with Gasteiger partial charge in [-0.15, -0.1) is 0 Å². The number of amides is 1. The Hall–Kier alpha value is -4.15. The van der Waals surface area contributed by atoms with Gasteiger partial charge in [0.25, 0.3) is 5.91 Å². The first-order valence-corrected chi connectivity index (χ1v) is 12.7. The number of hydrogen-bond acceptors (Lipinski definition) is 6. The highest BCUT2D eigenvalue weighted by Gasteiger charge is 2.42. The molecule has 2 aromatic carbocycles. The summed E-state index contributed by atoms with van der Waals surface area (Å²) >= 11 is 0. The van der Waals surface area contributed by atoms with Crippen LogP contribution in [-0.4, -0.2) is 38.2 Å². The topological polar surface area (TPSA) is 90.0 Å². The molecule has 0 radical (unpaired) electrons. The van der Waals surface area contributed by atoms with Crippen LogP contribution >= 0.6 is 0 Å². The van der Waals surface area contributed by atoms with E-state index in [0.717, 1.165) is 60.8 Å². The Morgan fingerprint density at radius 1 is 1.05 bits per heavy atom. The molecule has 1 saturated carbocycles. The van der Waals surface area contributed by atoms with Gasteiger partial charge in [0.2, 0.25) is 5.95 Å². The van der Waals surface area contributed by atoms with Crippen molar-refractivity contribution in [2.45, 2.75) is 57.3 Å². The van der Waals surface area contributed by atoms with E-state index in [-0.39, 0.29) is 17.6 Å². The molecule has 1 fully saturated rings. The van der Waals surface area contributed by atoms with E-state index in [1.807, 2.05) is 23.1 Å². The maximum absolute atomic E-state index is 13.7. The Labute approximate surface area is 216 Å². The second kappa shape index (κ2) is 9.30. The zero-order valence-corrected chi connectivity index (χ0v) is 20.7. The largest absolute Gasteiger partial charge is 0.416 e. The lowest BCUT2D eigenvalue weighted by atomic mass is 9.92. The van der Waals surface area contributed by atoms with Crippen LogP contribution in [0, 0.1) is 0 Å². The van der Waals surface area contributed by atoms with Crippen LogP contribution in [0.5, 0.6) is 0 Å². The number of nitrogens with one attached hydrogen (secondary N) is 2. The minimum Gasteiger partial charge on any atom is -0.340 e. The number of alkyl halides is 3. The number of benzene rings is 2. The molecule has 1 atom stereocenters. The van der Waals surface area contributed by atoms with Gasteiger partial charge in [-0.25, -0.2) is 4.98 Å². The van der Waals surface area contributed by atoms with Crippen molar-refractivity contribution in [3.8, 4) is 0 Å². The fourth-order valence-corrected chi connectivity index (χ4v) is 5.47. The first-order valence-electron chi connectivity index (χ1n) is 12.7. The zero-order chi connectivity index (χ0) is 26.4. The van der Waals surface area contributed by atoms with Gasteiger partial charge in [0, 0.05) is 22.8 Å². The molecule has 0 saturated heterocycles. The summed E-state index contributed by atoms with van der Waals surface area (Å²) in [7, 11) is 0. The number of aromatic nitrogens is 4. The first kappa shape index (κ1) is 24.2. The Morgan fingerprint density at radius 3 is 2.66 bits per heavy atom. The Bertz CT molecular complexity index is 1500. The van der Waals surface area contributed by atoms with E-state index in [1.165, 1.54) is 23.2 Å². The SMILES string of the molecule is C[C@@H]1C(=O)N(c2cccc(C(F)(F)F)c2)c2cnc(Nc3ccc4[nH]ncc4c3)nc2N1C1CCCCC1. The molecule has 2 aliphatic rings. The molecule has 3 heterocycles. The summed E-state index contributed by atoms with van der Waals surface area (Å²) in [6.45, 7) is 1.79. The van der Waals surface area contributed by atoms with Crippen molar-refractivity contribution in [2.24, 2.45) is 0 Å². The molecule has 196 valence electrons. The fraction of sp³-hybridized carbons (Fsp3) is 0.333. The lowest BCUT2D eigenvalue weighted by molar-refractivity contribution is -0.137. The van der Waals surface area contributed by atoms with E-state index in [0.29, 0.717) is 17.5 Å². The maximum atomic E-state index is 13.7. The van der Waals surface area contributed by atoms with E-state index < -0.39 is 17.8 Å². The molecule has 4 aromatic rings. The van der Waals surface area contributed by atoms with Crippen molar-refractivity contribution < 1.29 is 18.0 Å². The van der Waals surface area contributed by atoms with E-state index in [9.17, 15) is 18.0 Å². The third-order valence-corrected chi connectivity index (χ3v) is 7.33. The molecular formula is C27H26F3N7O. The minimum absolute atomic E-state index is 0.107. The maximum Gasteiger partial charge on any atom is 0.416 e. The summed E-state index contributed by atoms with van der Waals surface area (Å²) in [5, 5.41) is 11.1. The van der Waals surface area contributed by atoms with Crippen LogP contribution < -0.4 is 15.1 Å². The van der Waals surface area contributed by atoms with Crippen molar-refractivity contribution in [3.05, 3.63) is 60.4 Å². The van der Waals surface area contributed by atoms with Crippen LogP contribution in [0.3, 0.4) is 0 Å². The van der Waals surface area contributed by atoms with Crippen LogP contribution in [0.2, 0.25) is 0 Å². The highest BCUT2D eigenvalue weighted by molar-refractivity contribution is 6.10. The summed E-state index contributed by atoms with van der Waals surface area (Å²) < 4.78 is 40.5. The molecular weight excluding hydrogens is 495 g/mol. The number of rotatable bonds is 4. The number of anilines is 5. The predicted molar refractivity (Wildman–Crippen MR) is 139 cm³/mol. The number of hydrogen-bond donors (Lipinski definition) is 2. The van der Waals surface area contributed by atoms with Crippen LogP contribution in [0.4, 0.5) is 42.0 Å². The van der Waals surface area contributed by atoms with Crippen molar-refractivity contribution in [1.29, 1.82) is 0 Å². The van der Waals surface area contributed by atoms with Crippen LogP contribution in [0.15, 0.2) is 54.9 Å². The second-order valence-corrected chi connectivity index (χ2v) is 9.80. The summed E-state index contributed by atoms with van der Waals surface area (Å²) in [5.41, 5.74) is 1.34. The van der Waals surface area contributed by atoms with E-state index in [1.54, 1.807) is 13.1 Å².